The highest BCUT2D eigenvalue weighted by Crippen LogP contribution is 2.25. The van der Waals surface area contributed by atoms with Crippen LogP contribution in [0.3, 0.4) is 0 Å². The predicted octanol–water partition coefficient (Wildman–Crippen LogP) is 3.24. The van der Waals surface area contributed by atoms with Crippen LogP contribution in [0, 0.1) is 17.2 Å². The minimum atomic E-state index is -0.205. The van der Waals surface area contributed by atoms with Gasteiger partial charge < -0.3 is 19.9 Å². The molecule has 2 aliphatic rings. The summed E-state index contributed by atoms with van der Waals surface area (Å²) in [5.74, 6) is -0.235. The van der Waals surface area contributed by atoms with Gasteiger partial charge in [0.1, 0.15) is 5.01 Å². The molecule has 1 unspecified atom stereocenters. The van der Waals surface area contributed by atoms with Crippen LogP contribution in [0.25, 0.3) is 11.3 Å². The molecule has 0 saturated carbocycles. The Morgan fingerprint density at radius 3 is 2.79 bits per heavy atom. The quantitative estimate of drug-likeness (QED) is 0.703. The Balaban J connectivity index is 1.30. The monoisotopic (exact) mass is 467 g/mol. The minimum absolute atomic E-state index is 0.0269. The van der Waals surface area contributed by atoms with Crippen LogP contribution < -0.4 is 5.32 Å². The van der Waals surface area contributed by atoms with Gasteiger partial charge in [-0.15, -0.1) is 11.3 Å². The number of hydrogen-bond donors (Lipinski definition) is 1. The van der Waals surface area contributed by atoms with Crippen molar-refractivity contribution in [2.45, 2.75) is 38.3 Å². The number of rotatable bonds is 6. The molecule has 8 nitrogen and oxygen atoms in total. The number of aromatic nitrogens is 1. The van der Waals surface area contributed by atoms with Gasteiger partial charge in [0.2, 0.25) is 5.91 Å². The summed E-state index contributed by atoms with van der Waals surface area (Å²) in [5.41, 5.74) is 2.39. The number of amides is 3. The molecule has 3 amide bonds. The van der Waals surface area contributed by atoms with Gasteiger partial charge >= 0.3 is 6.03 Å². The van der Waals surface area contributed by atoms with E-state index in [-0.39, 0.29) is 23.9 Å². The van der Waals surface area contributed by atoms with Gasteiger partial charge in [-0.1, -0.05) is 12.1 Å². The first-order chi connectivity index (χ1) is 16.1. The third kappa shape index (κ3) is 5.52. The Kier molecular flexibility index (Phi) is 7.57. The fourth-order valence-corrected chi connectivity index (χ4v) is 5.29. The van der Waals surface area contributed by atoms with Gasteiger partial charge in [0.15, 0.2) is 0 Å². The Labute approximate surface area is 198 Å². The van der Waals surface area contributed by atoms with Gasteiger partial charge in [-0.05, 0) is 37.8 Å². The summed E-state index contributed by atoms with van der Waals surface area (Å²) < 4.78 is 5.27. The number of benzene rings is 1. The highest BCUT2D eigenvalue weighted by molar-refractivity contribution is 7.09. The van der Waals surface area contributed by atoms with E-state index in [4.69, 9.17) is 10.00 Å². The summed E-state index contributed by atoms with van der Waals surface area (Å²) in [6.07, 6.45) is 3.57. The van der Waals surface area contributed by atoms with Crippen LogP contribution in [0.1, 0.15) is 36.3 Å². The smallest absolute Gasteiger partial charge is 0.320 e. The van der Waals surface area contributed by atoms with E-state index in [0.717, 1.165) is 48.5 Å². The maximum absolute atomic E-state index is 13.0. The summed E-state index contributed by atoms with van der Waals surface area (Å²) in [5, 5.41) is 14.7. The lowest BCUT2D eigenvalue weighted by Gasteiger charge is -2.36. The van der Waals surface area contributed by atoms with Crippen LogP contribution in [0.5, 0.6) is 0 Å². The van der Waals surface area contributed by atoms with Gasteiger partial charge in [0.05, 0.1) is 42.4 Å². The molecule has 2 aliphatic heterocycles. The first-order valence-corrected chi connectivity index (χ1v) is 12.2. The number of nitrogens with one attached hydrogen (secondary N) is 1. The molecule has 9 heteroatoms. The van der Waals surface area contributed by atoms with Crippen LogP contribution in [0.15, 0.2) is 29.6 Å². The number of carbonyl (C=O) groups excluding carboxylic acids is 2. The Morgan fingerprint density at radius 2 is 2.03 bits per heavy atom. The van der Waals surface area contributed by atoms with E-state index in [1.165, 1.54) is 11.3 Å². The Bertz CT molecular complexity index is 1020. The molecule has 2 atom stereocenters. The third-order valence-electron chi connectivity index (χ3n) is 6.32. The lowest BCUT2D eigenvalue weighted by Crippen LogP contribution is -2.52. The lowest BCUT2D eigenvalue weighted by molar-refractivity contribution is -0.126. The second kappa shape index (κ2) is 10.8. The van der Waals surface area contributed by atoms with Crippen molar-refractivity contribution in [1.29, 1.82) is 5.26 Å². The number of thiazole rings is 1. The molecule has 1 aromatic carbocycles. The first kappa shape index (κ1) is 23.2. The number of likely N-dealkylation sites (tertiary alicyclic amines) is 2. The fourth-order valence-electron chi connectivity index (χ4n) is 4.55. The van der Waals surface area contributed by atoms with Crippen LogP contribution in [0.2, 0.25) is 0 Å². The second-order valence-electron chi connectivity index (χ2n) is 8.55. The molecule has 0 bridgehead atoms. The topological polar surface area (TPSA) is 98.6 Å². The third-order valence-corrected chi connectivity index (χ3v) is 7.17. The molecule has 2 saturated heterocycles. The van der Waals surface area contributed by atoms with Crippen LogP contribution >= 0.6 is 11.3 Å². The first-order valence-electron chi connectivity index (χ1n) is 11.4. The van der Waals surface area contributed by atoms with E-state index in [9.17, 15) is 9.59 Å². The summed E-state index contributed by atoms with van der Waals surface area (Å²) in [7, 11) is 1.66. The number of nitriles is 1. The number of carbonyl (C=O) groups is 2. The van der Waals surface area contributed by atoms with Crippen molar-refractivity contribution in [3.8, 4) is 17.3 Å². The molecule has 2 aromatic rings. The van der Waals surface area contributed by atoms with Crippen LogP contribution in [0.4, 0.5) is 4.79 Å². The number of urea groups is 1. The van der Waals surface area contributed by atoms with E-state index in [1.807, 2.05) is 27.3 Å². The summed E-state index contributed by atoms with van der Waals surface area (Å²) in [4.78, 5) is 34.2. The van der Waals surface area contributed by atoms with Crippen molar-refractivity contribution < 1.29 is 14.3 Å². The molecule has 1 aromatic heterocycles. The SMILES string of the molecule is COCC1CCCN1C(=O)N1CCC[C@H](C(=O)NCc2nc(-c3ccc(C#N)cc3)cs2)C1. The van der Waals surface area contributed by atoms with Crippen molar-refractivity contribution in [2.75, 3.05) is 33.4 Å². The van der Waals surface area contributed by atoms with Crippen LogP contribution in [-0.4, -0.2) is 66.1 Å². The number of hydrogen-bond acceptors (Lipinski definition) is 6. The number of nitrogens with zero attached hydrogens (tertiary/aromatic N) is 4. The molecule has 174 valence electrons. The number of piperidine rings is 1. The predicted molar refractivity (Wildman–Crippen MR) is 125 cm³/mol. The van der Waals surface area contributed by atoms with Gasteiger partial charge in [0.25, 0.3) is 0 Å². The molecular weight excluding hydrogens is 438 g/mol. The van der Waals surface area contributed by atoms with Gasteiger partial charge in [-0.25, -0.2) is 9.78 Å². The zero-order valence-corrected chi connectivity index (χ0v) is 19.6. The molecule has 0 aliphatic carbocycles. The fraction of sp³-hybridized carbons (Fsp3) is 0.500. The van der Waals surface area contributed by atoms with E-state index < -0.39 is 0 Å². The molecule has 33 heavy (non-hydrogen) atoms. The molecule has 0 spiro atoms. The number of ether oxygens (including phenoxy) is 1. The zero-order valence-electron chi connectivity index (χ0n) is 18.8. The highest BCUT2D eigenvalue weighted by Gasteiger charge is 2.35. The molecule has 0 radical (unpaired) electrons. The Morgan fingerprint density at radius 1 is 1.24 bits per heavy atom. The molecular formula is C24H29N5O3S. The summed E-state index contributed by atoms with van der Waals surface area (Å²) >= 11 is 1.50. The van der Waals surface area contributed by atoms with Crippen molar-refractivity contribution in [3.05, 3.63) is 40.2 Å². The van der Waals surface area contributed by atoms with Crippen molar-refractivity contribution in [3.63, 3.8) is 0 Å². The molecule has 2 fully saturated rings. The molecule has 3 heterocycles. The van der Waals surface area contributed by atoms with E-state index >= 15 is 0 Å². The average molecular weight is 468 g/mol. The second-order valence-corrected chi connectivity index (χ2v) is 9.49. The number of methoxy groups -OCH3 is 1. The maximum atomic E-state index is 13.0. The van der Waals surface area contributed by atoms with Crippen LogP contribution in [-0.2, 0) is 16.1 Å². The largest absolute Gasteiger partial charge is 0.383 e. The summed E-state index contributed by atoms with van der Waals surface area (Å²) in [6.45, 7) is 2.83. The standard InChI is InChI=1S/C24H29N5O3S/c1-32-15-20-5-3-11-29(20)24(31)28-10-2-4-19(14-28)23(30)26-13-22-27-21(16-33-22)18-8-6-17(12-25)7-9-18/h6-9,16,19-20H,2-5,10-11,13-15H2,1H3,(H,26,30)/t19-,20?/m0/s1. The van der Waals surface area contributed by atoms with Gasteiger partial charge in [-0.3, -0.25) is 4.79 Å². The average Bonchev–Trinajstić information content (AvgIpc) is 3.52. The minimum Gasteiger partial charge on any atom is -0.383 e. The Hall–Kier alpha value is -2.96. The van der Waals surface area contributed by atoms with Crippen molar-refractivity contribution in [1.82, 2.24) is 20.1 Å². The molecule has 4 rings (SSSR count). The lowest BCUT2D eigenvalue weighted by atomic mass is 9.97. The maximum Gasteiger partial charge on any atom is 0.320 e. The van der Waals surface area contributed by atoms with Crippen molar-refractivity contribution in [2.24, 2.45) is 5.92 Å². The molecule has 1 N–H and O–H groups in total. The van der Waals surface area contributed by atoms with E-state index in [2.05, 4.69) is 16.4 Å². The van der Waals surface area contributed by atoms with E-state index in [1.54, 1.807) is 19.2 Å². The summed E-state index contributed by atoms with van der Waals surface area (Å²) in [6, 6.07) is 9.56. The van der Waals surface area contributed by atoms with E-state index in [0.29, 0.717) is 31.8 Å². The van der Waals surface area contributed by atoms with Crippen molar-refractivity contribution >= 4 is 23.3 Å². The van der Waals surface area contributed by atoms with Gasteiger partial charge in [-0.2, -0.15) is 5.26 Å². The zero-order chi connectivity index (χ0) is 23.2. The van der Waals surface area contributed by atoms with Gasteiger partial charge in [0, 0.05) is 37.7 Å². The highest BCUT2D eigenvalue weighted by atomic mass is 32.1. The normalized spacial score (nSPS) is 20.5.